The number of amides is 1. The van der Waals surface area contributed by atoms with Gasteiger partial charge in [-0.2, -0.15) is 5.10 Å². The van der Waals surface area contributed by atoms with Crippen LogP contribution in [0.4, 0.5) is 0 Å². The predicted octanol–water partition coefficient (Wildman–Crippen LogP) is 1.70. The zero-order valence-corrected chi connectivity index (χ0v) is 17.2. The summed E-state index contributed by atoms with van der Waals surface area (Å²) in [5.74, 6) is 0.359. The number of aryl methyl sites for hydroxylation is 2. The molecule has 0 unspecified atom stereocenters. The fourth-order valence-corrected chi connectivity index (χ4v) is 4.26. The third kappa shape index (κ3) is 3.90. The number of nitrogens with zero attached hydrogens (tertiary/aromatic N) is 5. The fourth-order valence-electron chi connectivity index (χ4n) is 4.26. The second kappa shape index (κ2) is 8.34. The van der Waals surface area contributed by atoms with Crippen molar-refractivity contribution in [1.29, 1.82) is 0 Å². The lowest BCUT2D eigenvalue weighted by molar-refractivity contribution is -0.129. The van der Waals surface area contributed by atoms with Gasteiger partial charge in [0.15, 0.2) is 0 Å². The zero-order chi connectivity index (χ0) is 20.4. The number of carbonyl (C=O) groups excluding carboxylic acids is 1. The molecule has 0 spiro atoms. The molecular weight excluding hydrogens is 368 g/mol. The number of aromatic nitrogens is 4. The normalized spacial score (nSPS) is 19.6. The molecule has 0 saturated carbocycles. The van der Waals surface area contributed by atoms with E-state index in [4.69, 9.17) is 4.74 Å². The number of hydrogen-bond acceptors (Lipinski definition) is 5. The summed E-state index contributed by atoms with van der Waals surface area (Å²) < 4.78 is 9.12. The van der Waals surface area contributed by atoms with E-state index in [2.05, 4.69) is 32.8 Å². The van der Waals surface area contributed by atoms with Gasteiger partial charge in [-0.05, 0) is 18.6 Å². The first-order valence-electron chi connectivity index (χ1n) is 9.97. The Morgan fingerprint density at radius 2 is 2.21 bits per heavy atom. The molecular formula is C21H28N6O2. The van der Waals surface area contributed by atoms with Gasteiger partial charge in [0, 0.05) is 64.1 Å². The van der Waals surface area contributed by atoms with E-state index < -0.39 is 0 Å². The molecule has 1 aliphatic rings. The van der Waals surface area contributed by atoms with Crippen LogP contribution >= 0.6 is 0 Å². The van der Waals surface area contributed by atoms with Gasteiger partial charge in [0.2, 0.25) is 5.91 Å². The molecule has 0 aliphatic carbocycles. The van der Waals surface area contributed by atoms with Gasteiger partial charge in [-0.3, -0.25) is 9.48 Å². The summed E-state index contributed by atoms with van der Waals surface area (Å²) in [7, 11) is 3.57. The van der Waals surface area contributed by atoms with Gasteiger partial charge >= 0.3 is 0 Å². The third-order valence-electron chi connectivity index (χ3n) is 5.66. The maximum absolute atomic E-state index is 12.7. The summed E-state index contributed by atoms with van der Waals surface area (Å²) in [6.45, 7) is 4.64. The molecule has 4 heterocycles. The summed E-state index contributed by atoms with van der Waals surface area (Å²) in [5.41, 5.74) is 4.33. The molecule has 3 aromatic heterocycles. The Kier molecular flexibility index (Phi) is 5.64. The first kappa shape index (κ1) is 19.6. The molecule has 0 radical (unpaired) electrons. The first-order chi connectivity index (χ1) is 14.1. The lowest BCUT2D eigenvalue weighted by atomic mass is 9.95. The van der Waals surface area contributed by atoms with Crippen LogP contribution in [0.5, 0.6) is 0 Å². The maximum atomic E-state index is 12.7. The minimum atomic E-state index is 0.0169. The van der Waals surface area contributed by atoms with Crippen molar-refractivity contribution in [3.8, 4) is 0 Å². The Morgan fingerprint density at radius 3 is 2.97 bits per heavy atom. The average Bonchev–Trinajstić information content (AvgIpc) is 3.39. The first-order valence-corrected chi connectivity index (χ1v) is 9.97. The Morgan fingerprint density at radius 1 is 1.34 bits per heavy atom. The lowest BCUT2D eigenvalue weighted by Crippen LogP contribution is -2.33. The fraction of sp³-hybridized carbons (Fsp3) is 0.476. The molecule has 0 aromatic carbocycles. The minimum Gasteiger partial charge on any atom is -0.383 e. The van der Waals surface area contributed by atoms with Crippen molar-refractivity contribution < 1.29 is 9.53 Å². The van der Waals surface area contributed by atoms with Crippen LogP contribution in [0.25, 0.3) is 5.65 Å². The highest BCUT2D eigenvalue weighted by Crippen LogP contribution is 2.37. The van der Waals surface area contributed by atoms with Crippen LogP contribution in [0.3, 0.4) is 0 Å². The summed E-state index contributed by atoms with van der Waals surface area (Å²) in [6, 6.07) is 4.12. The maximum Gasteiger partial charge on any atom is 0.223 e. The number of rotatable bonds is 8. The van der Waals surface area contributed by atoms with E-state index in [9.17, 15) is 4.79 Å². The van der Waals surface area contributed by atoms with Gasteiger partial charge < -0.3 is 19.4 Å². The highest BCUT2D eigenvalue weighted by molar-refractivity contribution is 5.79. The molecule has 2 atom stereocenters. The number of imidazole rings is 1. The van der Waals surface area contributed by atoms with Crippen LogP contribution in [-0.2, 0) is 23.1 Å². The van der Waals surface area contributed by atoms with E-state index in [0.29, 0.717) is 26.1 Å². The van der Waals surface area contributed by atoms with Gasteiger partial charge in [-0.1, -0.05) is 6.07 Å². The van der Waals surface area contributed by atoms with Crippen molar-refractivity contribution in [2.45, 2.75) is 25.9 Å². The average molecular weight is 396 g/mol. The molecule has 1 fully saturated rings. The smallest absolute Gasteiger partial charge is 0.223 e. The molecule has 0 bridgehead atoms. The molecule has 154 valence electrons. The number of hydrogen-bond donors (Lipinski definition) is 1. The van der Waals surface area contributed by atoms with Crippen LogP contribution < -0.4 is 5.32 Å². The van der Waals surface area contributed by atoms with Crippen LogP contribution in [0, 0.1) is 12.8 Å². The van der Waals surface area contributed by atoms with E-state index in [1.54, 1.807) is 11.8 Å². The van der Waals surface area contributed by atoms with Crippen LogP contribution in [0.1, 0.15) is 29.3 Å². The van der Waals surface area contributed by atoms with Gasteiger partial charge in [0.05, 0.1) is 30.7 Å². The summed E-state index contributed by atoms with van der Waals surface area (Å²) in [5, 5.41) is 7.86. The number of likely N-dealkylation sites (tertiary alicyclic amines) is 1. The van der Waals surface area contributed by atoms with E-state index in [1.807, 2.05) is 42.8 Å². The lowest BCUT2D eigenvalue weighted by Gasteiger charge is -2.27. The quantitative estimate of drug-likeness (QED) is 0.627. The standard InChI is InChI=1S/C21H28N6O2/c1-15-5-4-6-26-18(13-23-21(15)26)12-22-10-16-9-19(28)27(7-8-29-3)20(16)17-11-24-25(2)14-17/h4-6,11,13-14,16,20,22H,7-10,12H2,1-3H3/t16-,20+/m0/s1. The van der Waals surface area contributed by atoms with Gasteiger partial charge in [-0.15, -0.1) is 0 Å². The molecule has 4 rings (SSSR count). The molecule has 8 heteroatoms. The van der Waals surface area contributed by atoms with E-state index in [1.165, 1.54) is 0 Å². The summed E-state index contributed by atoms with van der Waals surface area (Å²) in [4.78, 5) is 19.1. The van der Waals surface area contributed by atoms with Crippen molar-refractivity contribution in [2.24, 2.45) is 13.0 Å². The van der Waals surface area contributed by atoms with Crippen LogP contribution in [0.15, 0.2) is 36.9 Å². The molecule has 3 aromatic rings. The Labute approximate surface area is 170 Å². The minimum absolute atomic E-state index is 0.0169. The predicted molar refractivity (Wildman–Crippen MR) is 109 cm³/mol. The molecule has 29 heavy (non-hydrogen) atoms. The highest BCUT2D eigenvalue weighted by Gasteiger charge is 2.40. The number of methoxy groups -OCH3 is 1. The topological polar surface area (TPSA) is 76.7 Å². The van der Waals surface area contributed by atoms with Gasteiger partial charge in [-0.25, -0.2) is 4.98 Å². The van der Waals surface area contributed by atoms with Crippen molar-refractivity contribution in [3.05, 3.63) is 53.7 Å². The SMILES string of the molecule is COCCN1C(=O)C[C@@H](CNCc2cnc3c(C)cccn23)[C@@H]1c1cnn(C)c1. The number of ether oxygens (including phenoxy) is 1. The monoisotopic (exact) mass is 396 g/mol. The Bertz CT molecular complexity index is 994. The number of fused-ring (bicyclic) bond motifs is 1. The van der Waals surface area contributed by atoms with E-state index in [0.717, 1.165) is 29.0 Å². The molecule has 1 aliphatic heterocycles. The largest absolute Gasteiger partial charge is 0.383 e. The molecule has 1 saturated heterocycles. The molecule has 8 nitrogen and oxygen atoms in total. The van der Waals surface area contributed by atoms with Gasteiger partial charge in [0.25, 0.3) is 0 Å². The summed E-state index contributed by atoms with van der Waals surface area (Å²) in [6.07, 6.45) is 8.35. The molecule has 1 N–H and O–H groups in total. The highest BCUT2D eigenvalue weighted by atomic mass is 16.5. The number of pyridine rings is 1. The number of nitrogens with one attached hydrogen (secondary N) is 1. The Balaban J connectivity index is 1.47. The third-order valence-corrected chi connectivity index (χ3v) is 5.66. The van der Waals surface area contributed by atoms with Crippen molar-refractivity contribution >= 4 is 11.6 Å². The second-order valence-electron chi connectivity index (χ2n) is 7.70. The van der Waals surface area contributed by atoms with E-state index in [-0.39, 0.29) is 17.9 Å². The molecule has 1 amide bonds. The van der Waals surface area contributed by atoms with E-state index >= 15 is 0 Å². The van der Waals surface area contributed by atoms with Crippen molar-refractivity contribution in [3.63, 3.8) is 0 Å². The zero-order valence-electron chi connectivity index (χ0n) is 17.2. The van der Waals surface area contributed by atoms with Crippen LogP contribution in [0.2, 0.25) is 0 Å². The van der Waals surface area contributed by atoms with Crippen LogP contribution in [-0.4, -0.2) is 56.8 Å². The Hall–Kier alpha value is -2.71. The van der Waals surface area contributed by atoms with Gasteiger partial charge in [0.1, 0.15) is 5.65 Å². The number of carbonyl (C=O) groups is 1. The summed E-state index contributed by atoms with van der Waals surface area (Å²) >= 11 is 0. The van der Waals surface area contributed by atoms with Crippen molar-refractivity contribution in [2.75, 3.05) is 26.8 Å². The second-order valence-corrected chi connectivity index (χ2v) is 7.70. The van der Waals surface area contributed by atoms with Crippen molar-refractivity contribution in [1.82, 2.24) is 29.4 Å².